The predicted octanol–water partition coefficient (Wildman–Crippen LogP) is 2.72. The second-order valence-electron chi connectivity index (χ2n) is 5.59. The molecule has 0 bridgehead atoms. The molecule has 0 aliphatic heterocycles. The van der Waals surface area contributed by atoms with E-state index < -0.39 is 5.41 Å². The molecule has 2 rings (SSSR count). The zero-order chi connectivity index (χ0) is 14.8. The first-order valence-corrected chi connectivity index (χ1v) is 7.57. The molecule has 4 nitrogen and oxygen atoms in total. The number of amides is 1. The Morgan fingerprint density at radius 3 is 2.75 bits per heavy atom. The first kappa shape index (κ1) is 14.9. The Morgan fingerprint density at radius 2 is 2.10 bits per heavy atom. The summed E-state index contributed by atoms with van der Waals surface area (Å²) in [6, 6.07) is 8.26. The van der Waals surface area contributed by atoms with Crippen molar-refractivity contribution in [2.45, 2.75) is 26.8 Å². The van der Waals surface area contributed by atoms with E-state index in [9.17, 15) is 4.79 Å². The molecular weight excluding hydrogens is 270 g/mol. The number of rotatable bonds is 5. The summed E-state index contributed by atoms with van der Waals surface area (Å²) in [7, 11) is 1.67. The van der Waals surface area contributed by atoms with E-state index in [1.165, 1.54) is 4.70 Å². The van der Waals surface area contributed by atoms with Crippen molar-refractivity contribution in [1.82, 2.24) is 15.6 Å². The monoisotopic (exact) mass is 291 g/mol. The van der Waals surface area contributed by atoms with Crippen LogP contribution in [0.15, 0.2) is 24.3 Å². The smallest absolute Gasteiger partial charge is 0.226 e. The van der Waals surface area contributed by atoms with Gasteiger partial charge >= 0.3 is 0 Å². The standard InChI is InChI=1S/C15H21N3OS/c1-10(17-9-15(2,3)14(19)16-4)13-18-11-7-5-6-8-12(11)20-13/h5-8,10,17H,9H2,1-4H3,(H,16,19). The fourth-order valence-electron chi connectivity index (χ4n) is 1.99. The minimum absolute atomic E-state index is 0.0431. The Balaban J connectivity index is 2.05. The molecule has 108 valence electrons. The Hall–Kier alpha value is -1.46. The largest absolute Gasteiger partial charge is 0.359 e. The van der Waals surface area contributed by atoms with Gasteiger partial charge in [-0.1, -0.05) is 12.1 Å². The molecule has 1 amide bonds. The molecule has 1 unspecified atom stereocenters. The fraction of sp³-hybridized carbons (Fsp3) is 0.467. The topological polar surface area (TPSA) is 54.0 Å². The van der Waals surface area contributed by atoms with Crippen LogP contribution in [0.3, 0.4) is 0 Å². The number of thiazole rings is 1. The molecule has 1 aromatic heterocycles. The first-order chi connectivity index (χ1) is 9.44. The third-order valence-electron chi connectivity index (χ3n) is 3.37. The van der Waals surface area contributed by atoms with Gasteiger partial charge in [0.25, 0.3) is 0 Å². The second-order valence-corrected chi connectivity index (χ2v) is 6.65. The fourth-order valence-corrected chi connectivity index (χ4v) is 2.98. The van der Waals surface area contributed by atoms with Crippen LogP contribution < -0.4 is 10.6 Å². The number of para-hydroxylation sites is 1. The zero-order valence-electron chi connectivity index (χ0n) is 12.4. The van der Waals surface area contributed by atoms with E-state index >= 15 is 0 Å². The number of carbonyl (C=O) groups excluding carboxylic acids is 1. The van der Waals surface area contributed by atoms with Crippen LogP contribution in [0.5, 0.6) is 0 Å². The van der Waals surface area contributed by atoms with Crippen molar-refractivity contribution in [1.29, 1.82) is 0 Å². The lowest BCUT2D eigenvalue weighted by Gasteiger charge is -2.24. The van der Waals surface area contributed by atoms with Crippen molar-refractivity contribution < 1.29 is 4.79 Å². The van der Waals surface area contributed by atoms with Crippen molar-refractivity contribution in [3.8, 4) is 0 Å². The highest BCUT2D eigenvalue weighted by Gasteiger charge is 2.27. The molecule has 1 atom stereocenters. The van der Waals surface area contributed by atoms with Gasteiger partial charge in [-0.2, -0.15) is 0 Å². The molecule has 2 N–H and O–H groups in total. The van der Waals surface area contributed by atoms with Gasteiger partial charge in [0.1, 0.15) is 5.01 Å². The van der Waals surface area contributed by atoms with Crippen LogP contribution in [0, 0.1) is 5.41 Å². The van der Waals surface area contributed by atoms with Crippen molar-refractivity contribution in [3.63, 3.8) is 0 Å². The normalized spacial score (nSPS) is 13.4. The summed E-state index contributed by atoms with van der Waals surface area (Å²) in [5, 5.41) is 7.16. The molecule has 1 aromatic carbocycles. The third-order valence-corrected chi connectivity index (χ3v) is 4.59. The number of nitrogens with zero attached hydrogens (tertiary/aromatic N) is 1. The average Bonchev–Trinajstić information content (AvgIpc) is 2.87. The highest BCUT2D eigenvalue weighted by atomic mass is 32.1. The van der Waals surface area contributed by atoms with Gasteiger partial charge in [0, 0.05) is 13.6 Å². The van der Waals surface area contributed by atoms with Crippen molar-refractivity contribution in [2.24, 2.45) is 5.41 Å². The van der Waals surface area contributed by atoms with Crippen LogP contribution in [0.2, 0.25) is 0 Å². The summed E-state index contributed by atoms with van der Waals surface area (Å²) >= 11 is 1.70. The molecule has 0 spiro atoms. The summed E-state index contributed by atoms with van der Waals surface area (Å²) in [4.78, 5) is 16.4. The number of fused-ring (bicyclic) bond motifs is 1. The minimum Gasteiger partial charge on any atom is -0.359 e. The van der Waals surface area contributed by atoms with E-state index in [2.05, 4.69) is 28.6 Å². The maximum atomic E-state index is 11.8. The molecule has 0 saturated heterocycles. The van der Waals surface area contributed by atoms with Crippen molar-refractivity contribution in [2.75, 3.05) is 13.6 Å². The lowest BCUT2D eigenvalue weighted by atomic mass is 9.92. The van der Waals surface area contributed by atoms with Crippen LogP contribution in [0.4, 0.5) is 0 Å². The van der Waals surface area contributed by atoms with Gasteiger partial charge in [-0.15, -0.1) is 11.3 Å². The summed E-state index contributed by atoms with van der Waals surface area (Å²) in [6.07, 6.45) is 0. The molecule has 0 saturated carbocycles. The van der Waals surface area contributed by atoms with Crippen LogP contribution in [0.25, 0.3) is 10.2 Å². The molecule has 2 aromatic rings. The SMILES string of the molecule is CNC(=O)C(C)(C)CNC(C)c1nc2ccccc2s1. The number of benzene rings is 1. The molecule has 0 radical (unpaired) electrons. The maximum absolute atomic E-state index is 11.8. The van der Waals surface area contributed by atoms with E-state index in [0.717, 1.165) is 10.5 Å². The first-order valence-electron chi connectivity index (χ1n) is 6.75. The second kappa shape index (κ2) is 5.89. The van der Waals surface area contributed by atoms with Crippen LogP contribution >= 0.6 is 11.3 Å². The Bertz CT molecular complexity index is 573. The van der Waals surface area contributed by atoms with Gasteiger partial charge in [-0.25, -0.2) is 4.98 Å². The maximum Gasteiger partial charge on any atom is 0.226 e. The Kier molecular flexibility index (Phi) is 4.40. The van der Waals surface area contributed by atoms with E-state index in [1.807, 2.05) is 32.0 Å². The lowest BCUT2D eigenvalue weighted by molar-refractivity contribution is -0.128. The number of nitrogens with one attached hydrogen (secondary N) is 2. The highest BCUT2D eigenvalue weighted by molar-refractivity contribution is 7.18. The molecule has 1 heterocycles. The van der Waals surface area contributed by atoms with Crippen LogP contribution in [-0.2, 0) is 4.79 Å². The zero-order valence-corrected chi connectivity index (χ0v) is 13.2. The molecule has 0 aliphatic carbocycles. The molecule has 0 fully saturated rings. The molecular formula is C15H21N3OS. The Labute approximate surface area is 123 Å². The number of carbonyl (C=O) groups is 1. The van der Waals surface area contributed by atoms with Gasteiger partial charge in [-0.3, -0.25) is 4.79 Å². The van der Waals surface area contributed by atoms with Gasteiger partial charge < -0.3 is 10.6 Å². The van der Waals surface area contributed by atoms with Gasteiger partial charge in [-0.05, 0) is 32.9 Å². The number of aromatic nitrogens is 1. The minimum atomic E-state index is -0.431. The van der Waals surface area contributed by atoms with Crippen molar-refractivity contribution in [3.05, 3.63) is 29.3 Å². The van der Waals surface area contributed by atoms with Crippen LogP contribution in [-0.4, -0.2) is 24.5 Å². The molecule has 5 heteroatoms. The average molecular weight is 291 g/mol. The third kappa shape index (κ3) is 3.16. The number of hydrogen-bond donors (Lipinski definition) is 2. The highest BCUT2D eigenvalue weighted by Crippen LogP contribution is 2.26. The number of hydrogen-bond acceptors (Lipinski definition) is 4. The van der Waals surface area contributed by atoms with Gasteiger partial charge in [0.2, 0.25) is 5.91 Å². The summed E-state index contributed by atoms with van der Waals surface area (Å²) in [5.74, 6) is 0.0431. The summed E-state index contributed by atoms with van der Waals surface area (Å²) in [6.45, 7) is 6.56. The van der Waals surface area contributed by atoms with Crippen LogP contribution in [0.1, 0.15) is 31.8 Å². The van der Waals surface area contributed by atoms with E-state index in [4.69, 9.17) is 0 Å². The van der Waals surface area contributed by atoms with E-state index in [1.54, 1.807) is 18.4 Å². The van der Waals surface area contributed by atoms with E-state index in [-0.39, 0.29) is 11.9 Å². The predicted molar refractivity (Wildman–Crippen MR) is 83.9 cm³/mol. The summed E-state index contributed by atoms with van der Waals surface area (Å²) < 4.78 is 1.20. The van der Waals surface area contributed by atoms with E-state index in [0.29, 0.717) is 6.54 Å². The van der Waals surface area contributed by atoms with Gasteiger partial charge in [0.15, 0.2) is 0 Å². The molecule has 20 heavy (non-hydrogen) atoms. The Morgan fingerprint density at radius 1 is 1.40 bits per heavy atom. The lowest BCUT2D eigenvalue weighted by Crippen LogP contribution is -2.42. The van der Waals surface area contributed by atoms with Crippen molar-refractivity contribution >= 4 is 27.5 Å². The van der Waals surface area contributed by atoms with Gasteiger partial charge in [0.05, 0.1) is 21.7 Å². The molecule has 0 aliphatic rings. The summed E-state index contributed by atoms with van der Waals surface area (Å²) in [5.41, 5.74) is 0.603. The quantitative estimate of drug-likeness (QED) is 0.890.